The summed E-state index contributed by atoms with van der Waals surface area (Å²) < 4.78 is 2.03. The fourth-order valence-corrected chi connectivity index (χ4v) is 8.78. The number of hydrogen-bond acceptors (Lipinski definition) is 14. The number of quaternary nitrogens is 1. The van der Waals surface area contributed by atoms with Gasteiger partial charge in [-0.25, -0.2) is 14.6 Å². The van der Waals surface area contributed by atoms with Gasteiger partial charge in [-0.1, -0.05) is 5.16 Å². The number of β-lactam (4-membered cyclic amide) rings is 1. The van der Waals surface area contributed by atoms with Gasteiger partial charge in [0, 0.05) is 48.7 Å². The first-order valence-corrected chi connectivity index (χ1v) is 18.3. The highest BCUT2D eigenvalue weighted by Crippen LogP contribution is 2.41. The summed E-state index contributed by atoms with van der Waals surface area (Å²) in [6.45, 7) is 3.37. The minimum atomic E-state index is -1.94. The SMILES string of the molecule is Nc1nc(C(=NO[C@@H](CC(=O)O)C(=O)O)C(=O)N[C@@H]2C(=O)N3C(C(=O)O)=C(C[N+]4(CCN5CCn6cc(O)c(=O)cc6C5=O)CCCC4)CS[C@H]23)cs1. The van der Waals surface area contributed by atoms with Gasteiger partial charge in [-0.2, -0.15) is 0 Å². The zero-order valence-corrected chi connectivity index (χ0v) is 29.5. The molecule has 0 saturated carbocycles. The van der Waals surface area contributed by atoms with Gasteiger partial charge in [0.05, 0.1) is 38.8 Å². The average molecular weight is 776 g/mol. The van der Waals surface area contributed by atoms with Crippen molar-refractivity contribution in [3.8, 4) is 5.75 Å². The van der Waals surface area contributed by atoms with Crippen molar-refractivity contribution in [1.82, 2.24) is 24.7 Å². The number of carbonyl (C=O) groups excluding carboxylic acids is 3. The van der Waals surface area contributed by atoms with Crippen LogP contribution in [0.5, 0.6) is 5.75 Å². The number of fused-ring (bicyclic) bond motifs is 2. The van der Waals surface area contributed by atoms with Crippen LogP contribution in [0.1, 0.15) is 35.4 Å². The van der Waals surface area contributed by atoms with E-state index in [9.17, 15) is 48.9 Å². The third-order valence-electron chi connectivity index (χ3n) is 9.53. The Morgan fingerprint density at radius 2 is 1.87 bits per heavy atom. The van der Waals surface area contributed by atoms with E-state index in [1.807, 2.05) is 0 Å². The standard InChI is InChI=1S/C31H34N8O12S2/c32-31-33-16(14-53-31)22(35-51-20(29(47)48)10-21(42)43)25(44)34-23-27(46)38-24(30(49)50)15(13-52-28(23)38)12-39(6-1-2-7-39)8-5-36-3-4-37-11-19(41)18(40)9-17(37)26(36)45/h9,11,14,20,23,28H,1-8,10,12-13H2,(H6-,32,33,34,41,42,43,44,47,48,49,50)/p+1/t20-,23+,28+/m0/s1. The highest BCUT2D eigenvalue weighted by Gasteiger charge is 2.55. The Labute approximate surface area is 307 Å². The van der Waals surface area contributed by atoms with Gasteiger partial charge in [-0.3, -0.25) is 28.9 Å². The summed E-state index contributed by atoms with van der Waals surface area (Å²) in [7, 11) is 0. The molecule has 2 aromatic heterocycles. The third kappa shape index (κ3) is 7.55. The van der Waals surface area contributed by atoms with E-state index in [4.69, 9.17) is 15.7 Å². The maximum atomic E-state index is 13.5. The lowest BCUT2D eigenvalue weighted by atomic mass is 10.0. The van der Waals surface area contributed by atoms with E-state index in [0.717, 1.165) is 48.2 Å². The lowest BCUT2D eigenvalue weighted by molar-refractivity contribution is -0.911. The van der Waals surface area contributed by atoms with Crippen LogP contribution in [-0.4, -0.2) is 148 Å². The zero-order valence-electron chi connectivity index (χ0n) is 27.9. The number of carboxylic acid groups (broad SMARTS) is 3. The molecule has 4 aliphatic heterocycles. The number of thiazole rings is 1. The first-order chi connectivity index (χ1) is 25.2. The number of carbonyl (C=O) groups is 6. The van der Waals surface area contributed by atoms with Crippen molar-refractivity contribution >= 4 is 69.6 Å². The number of anilines is 1. The van der Waals surface area contributed by atoms with Crippen molar-refractivity contribution < 1.29 is 58.5 Å². The van der Waals surface area contributed by atoms with Crippen molar-refractivity contribution in [2.24, 2.45) is 5.16 Å². The average Bonchev–Trinajstić information content (AvgIpc) is 3.75. The van der Waals surface area contributed by atoms with E-state index >= 15 is 0 Å². The van der Waals surface area contributed by atoms with Gasteiger partial charge in [0.2, 0.25) is 11.5 Å². The van der Waals surface area contributed by atoms with E-state index in [0.29, 0.717) is 42.8 Å². The molecule has 0 spiro atoms. The lowest BCUT2D eigenvalue weighted by Crippen LogP contribution is -2.71. The van der Waals surface area contributed by atoms with E-state index in [1.165, 1.54) is 23.3 Å². The molecule has 53 heavy (non-hydrogen) atoms. The van der Waals surface area contributed by atoms with Gasteiger partial charge in [0.15, 0.2) is 16.6 Å². The predicted octanol–water partition coefficient (Wildman–Crippen LogP) is -1.25. The summed E-state index contributed by atoms with van der Waals surface area (Å²) in [6, 6.07) is -0.0760. The molecule has 3 amide bonds. The molecule has 282 valence electrons. The molecule has 20 nitrogen and oxygen atoms in total. The number of amides is 3. The summed E-state index contributed by atoms with van der Waals surface area (Å²) in [5.41, 5.74) is 4.88. The normalized spacial score (nSPS) is 21.4. The zero-order chi connectivity index (χ0) is 38.2. The predicted molar refractivity (Wildman–Crippen MR) is 185 cm³/mol. The molecule has 6 rings (SSSR count). The Morgan fingerprint density at radius 1 is 1.13 bits per heavy atom. The van der Waals surface area contributed by atoms with Crippen molar-refractivity contribution in [3.05, 3.63) is 50.5 Å². The molecule has 2 aromatic rings. The molecule has 7 N–H and O–H groups in total. The number of aromatic hydroxyl groups is 1. The number of aromatic nitrogens is 2. The maximum Gasteiger partial charge on any atom is 0.352 e. The van der Waals surface area contributed by atoms with Crippen LogP contribution >= 0.6 is 23.1 Å². The number of nitrogens with zero attached hydrogens (tertiary/aromatic N) is 6. The van der Waals surface area contributed by atoms with Crippen molar-refractivity contribution in [1.29, 1.82) is 0 Å². The monoisotopic (exact) mass is 775 g/mol. The van der Waals surface area contributed by atoms with Crippen LogP contribution in [0.2, 0.25) is 0 Å². The van der Waals surface area contributed by atoms with E-state index < -0.39 is 70.6 Å². The van der Waals surface area contributed by atoms with E-state index in [2.05, 4.69) is 15.5 Å². The Balaban J connectivity index is 1.17. The summed E-state index contributed by atoms with van der Waals surface area (Å²) in [6.07, 6.45) is 0.114. The van der Waals surface area contributed by atoms with Crippen LogP contribution in [0.4, 0.5) is 5.13 Å². The van der Waals surface area contributed by atoms with E-state index in [-0.39, 0.29) is 33.9 Å². The van der Waals surface area contributed by atoms with Crippen LogP contribution < -0.4 is 16.5 Å². The number of thioether (sulfide) groups is 1. The molecule has 0 aliphatic carbocycles. The van der Waals surface area contributed by atoms with Crippen molar-refractivity contribution in [3.63, 3.8) is 0 Å². The Morgan fingerprint density at radius 3 is 2.51 bits per heavy atom. The summed E-state index contributed by atoms with van der Waals surface area (Å²) in [5, 5.41) is 45.1. The molecular weight excluding hydrogens is 741 g/mol. The van der Waals surface area contributed by atoms with Gasteiger partial charge in [-0.05, 0) is 0 Å². The van der Waals surface area contributed by atoms with Crippen LogP contribution in [0.15, 0.2) is 38.9 Å². The second-order valence-corrected chi connectivity index (χ2v) is 14.9. The quantitative estimate of drug-likeness (QED) is 0.0566. The first-order valence-electron chi connectivity index (χ1n) is 16.4. The Hall–Kier alpha value is -5.48. The van der Waals surface area contributed by atoms with Crippen molar-refractivity contribution in [2.45, 2.75) is 43.3 Å². The third-order valence-corrected chi connectivity index (χ3v) is 11.5. The number of aliphatic carboxylic acids is 3. The molecule has 0 unspecified atom stereocenters. The van der Waals surface area contributed by atoms with Gasteiger partial charge < -0.3 is 50.3 Å². The van der Waals surface area contributed by atoms with Crippen LogP contribution in [0.3, 0.4) is 0 Å². The van der Waals surface area contributed by atoms with Crippen molar-refractivity contribution in [2.75, 3.05) is 50.8 Å². The number of nitrogen functional groups attached to an aromatic ring is 1. The number of oxime groups is 1. The number of nitrogens with one attached hydrogen (secondary N) is 1. The van der Waals surface area contributed by atoms with Gasteiger partial charge in [-0.15, -0.1) is 23.1 Å². The van der Waals surface area contributed by atoms with Crippen LogP contribution in [0.25, 0.3) is 0 Å². The fourth-order valence-electron chi connectivity index (χ4n) is 6.90. The number of pyridine rings is 1. The molecule has 4 aliphatic rings. The largest absolute Gasteiger partial charge is 0.503 e. The van der Waals surface area contributed by atoms with Crippen LogP contribution in [-0.2, 0) is 35.4 Å². The molecule has 6 heterocycles. The Kier molecular flexibility index (Phi) is 10.5. The molecular formula is C31H35N8O12S2+. The number of likely N-dealkylation sites (tertiary alicyclic amines) is 1. The highest BCUT2D eigenvalue weighted by molar-refractivity contribution is 8.00. The number of nitrogens with two attached hydrogens (primary N) is 1. The van der Waals surface area contributed by atoms with E-state index in [1.54, 1.807) is 9.47 Å². The molecule has 2 fully saturated rings. The smallest absolute Gasteiger partial charge is 0.352 e. The molecule has 22 heteroatoms. The molecule has 3 atom stereocenters. The summed E-state index contributed by atoms with van der Waals surface area (Å²) in [5.74, 6) is -6.72. The lowest BCUT2D eigenvalue weighted by Gasteiger charge is -2.50. The number of rotatable bonds is 14. The van der Waals surface area contributed by atoms with Gasteiger partial charge >= 0.3 is 17.9 Å². The minimum absolute atomic E-state index is 0.0302. The highest BCUT2D eigenvalue weighted by atomic mass is 32.2. The van der Waals surface area contributed by atoms with Crippen LogP contribution in [0, 0.1) is 0 Å². The topological polar surface area (TPSA) is 284 Å². The second-order valence-electron chi connectivity index (χ2n) is 12.9. The number of carboxylic acids is 3. The van der Waals surface area contributed by atoms with Gasteiger partial charge in [0.1, 0.15) is 35.0 Å². The van der Waals surface area contributed by atoms with Gasteiger partial charge in [0.25, 0.3) is 17.7 Å². The molecule has 0 bridgehead atoms. The maximum absolute atomic E-state index is 13.5. The minimum Gasteiger partial charge on any atom is -0.503 e. The summed E-state index contributed by atoms with van der Waals surface area (Å²) in [4.78, 5) is 99.1. The number of hydrogen-bond donors (Lipinski definition) is 6. The molecule has 2 saturated heterocycles. The fraction of sp³-hybridized carbons (Fsp3) is 0.452. The molecule has 0 aromatic carbocycles. The second kappa shape index (κ2) is 14.9. The molecule has 0 radical (unpaired) electrons. The first kappa shape index (κ1) is 37.3. The summed E-state index contributed by atoms with van der Waals surface area (Å²) >= 11 is 2.19. The Bertz CT molecular complexity index is 2000.